The molecule has 0 aromatic rings. The van der Waals surface area contributed by atoms with Gasteiger partial charge in [0.15, 0.2) is 6.10 Å². The summed E-state index contributed by atoms with van der Waals surface area (Å²) in [6, 6.07) is 0. The van der Waals surface area contributed by atoms with Crippen molar-refractivity contribution in [3.63, 3.8) is 0 Å². The van der Waals surface area contributed by atoms with Gasteiger partial charge in [-0.2, -0.15) is 0 Å². The summed E-state index contributed by atoms with van der Waals surface area (Å²) >= 11 is 0. The first-order chi connectivity index (χ1) is 32.0. The second kappa shape index (κ2) is 52.7. The van der Waals surface area contributed by atoms with Crippen LogP contribution in [0.4, 0.5) is 0 Å². The van der Waals surface area contributed by atoms with Gasteiger partial charge in [-0.15, -0.1) is 0 Å². The number of hydrogen-bond donors (Lipinski definition) is 0. The molecule has 0 amide bonds. The molecule has 0 saturated carbocycles. The first-order valence-electron chi connectivity index (χ1n) is 26.4. The molecule has 0 radical (unpaired) electrons. The van der Waals surface area contributed by atoms with Crippen molar-refractivity contribution in [1.82, 2.24) is 0 Å². The second-order valence-electron chi connectivity index (χ2n) is 17.1. The Morgan fingerprint density at radius 2 is 0.600 bits per heavy atom. The Balaban J connectivity index is 4.23. The van der Waals surface area contributed by atoms with E-state index in [2.05, 4.69) is 130 Å². The van der Waals surface area contributed by atoms with Crippen LogP contribution < -0.4 is 0 Å². The predicted octanol–water partition coefficient (Wildman–Crippen LogP) is 17.5. The molecule has 6 nitrogen and oxygen atoms in total. The Kier molecular flexibility index (Phi) is 49.5. The van der Waals surface area contributed by atoms with Crippen LogP contribution in [0, 0.1) is 0 Å². The quantitative estimate of drug-likeness (QED) is 0.0262. The average molecular weight is 901 g/mol. The van der Waals surface area contributed by atoms with Gasteiger partial charge in [-0.3, -0.25) is 14.4 Å². The maximum absolute atomic E-state index is 12.7. The molecule has 0 fully saturated rings. The van der Waals surface area contributed by atoms with E-state index in [0.717, 1.165) is 116 Å². The van der Waals surface area contributed by atoms with E-state index in [4.69, 9.17) is 14.2 Å². The number of carbonyl (C=O) groups excluding carboxylic acids is 3. The number of rotatable bonds is 46. The van der Waals surface area contributed by atoms with Crippen molar-refractivity contribution in [3.05, 3.63) is 109 Å². The fraction of sp³-hybridized carbons (Fsp3) is 0.644. The molecule has 0 heterocycles. The van der Waals surface area contributed by atoms with E-state index < -0.39 is 6.10 Å². The average Bonchev–Trinajstić information content (AvgIpc) is 3.30. The van der Waals surface area contributed by atoms with Crippen LogP contribution in [0.15, 0.2) is 109 Å². The van der Waals surface area contributed by atoms with Gasteiger partial charge in [-0.1, -0.05) is 233 Å². The lowest BCUT2D eigenvalue weighted by Crippen LogP contribution is -2.30. The highest BCUT2D eigenvalue weighted by Crippen LogP contribution is 2.14. The molecule has 368 valence electrons. The van der Waals surface area contributed by atoms with Gasteiger partial charge in [0.25, 0.3) is 0 Å². The van der Waals surface area contributed by atoms with E-state index in [1.54, 1.807) is 0 Å². The van der Waals surface area contributed by atoms with E-state index >= 15 is 0 Å². The third-order valence-electron chi connectivity index (χ3n) is 10.8. The zero-order valence-electron chi connectivity index (χ0n) is 42.0. The van der Waals surface area contributed by atoms with Crippen molar-refractivity contribution in [3.8, 4) is 0 Å². The minimum atomic E-state index is -0.796. The van der Waals surface area contributed by atoms with Crippen LogP contribution in [0.3, 0.4) is 0 Å². The smallest absolute Gasteiger partial charge is 0.306 e. The molecule has 1 atom stereocenters. The molecule has 0 N–H and O–H groups in total. The number of carbonyl (C=O) groups is 3. The summed E-state index contributed by atoms with van der Waals surface area (Å²) in [5.41, 5.74) is 0. The zero-order chi connectivity index (χ0) is 47.2. The molecule has 0 aliphatic heterocycles. The normalized spacial score (nSPS) is 13.0. The molecule has 0 saturated heterocycles. The number of esters is 3. The van der Waals surface area contributed by atoms with Gasteiger partial charge in [0, 0.05) is 19.3 Å². The van der Waals surface area contributed by atoms with E-state index in [1.807, 2.05) is 0 Å². The zero-order valence-corrected chi connectivity index (χ0v) is 42.0. The lowest BCUT2D eigenvalue weighted by atomic mass is 10.0. The molecule has 0 rings (SSSR count). The molecule has 0 bridgehead atoms. The predicted molar refractivity (Wildman–Crippen MR) is 279 cm³/mol. The van der Waals surface area contributed by atoms with E-state index in [-0.39, 0.29) is 37.5 Å². The van der Waals surface area contributed by atoms with Crippen molar-refractivity contribution in [1.29, 1.82) is 0 Å². The molecule has 0 aromatic carbocycles. The topological polar surface area (TPSA) is 78.9 Å². The van der Waals surface area contributed by atoms with E-state index in [1.165, 1.54) is 64.2 Å². The fourth-order valence-corrected chi connectivity index (χ4v) is 6.85. The summed E-state index contributed by atoms with van der Waals surface area (Å²) in [6.07, 6.45) is 71.2. The summed E-state index contributed by atoms with van der Waals surface area (Å²) in [7, 11) is 0. The molecule has 6 heteroatoms. The summed E-state index contributed by atoms with van der Waals surface area (Å²) in [5, 5.41) is 0. The lowest BCUT2D eigenvalue weighted by Gasteiger charge is -2.18. The van der Waals surface area contributed by atoms with E-state index in [9.17, 15) is 14.4 Å². The van der Waals surface area contributed by atoms with E-state index in [0.29, 0.717) is 19.3 Å². The number of ether oxygens (including phenoxy) is 3. The van der Waals surface area contributed by atoms with Crippen molar-refractivity contribution < 1.29 is 28.6 Å². The minimum Gasteiger partial charge on any atom is -0.462 e. The molecule has 0 aromatic heterocycles. The Labute approximate surface area is 400 Å². The standard InChI is InChI=1S/C59H96O6/c1-4-7-10-13-15-17-19-21-22-23-24-25-26-27-28-29-30-31-32-33-34-35-36-38-39-41-43-46-49-52-58(61)64-55-56(54-63-57(60)51-48-45-12-9-6-3)65-59(62)53-50-47-44-42-40-37-20-18-16-14-11-8-5-2/h7,10,15,17,21-22,24-25,27-28,30-31,33-34,36,38,41,43,56H,4-6,8-9,11-14,16,18-20,23,26,29,32,35,37,39-40,42,44-55H2,1-3H3/b10-7-,17-15-,22-21-,25-24-,28-27-,31-30-,34-33-,38-36-,43-41-. The van der Waals surface area contributed by atoms with Crippen LogP contribution in [0.5, 0.6) is 0 Å². The van der Waals surface area contributed by atoms with Crippen molar-refractivity contribution >= 4 is 17.9 Å². The number of allylic oxidation sites excluding steroid dienone is 18. The molecule has 1 unspecified atom stereocenters. The fourth-order valence-electron chi connectivity index (χ4n) is 6.85. The van der Waals surface area contributed by atoms with Gasteiger partial charge < -0.3 is 14.2 Å². The van der Waals surface area contributed by atoms with Gasteiger partial charge in [0.05, 0.1) is 0 Å². The minimum absolute atomic E-state index is 0.0963. The van der Waals surface area contributed by atoms with Gasteiger partial charge in [-0.25, -0.2) is 0 Å². The Hall–Kier alpha value is -3.93. The number of hydrogen-bond acceptors (Lipinski definition) is 6. The van der Waals surface area contributed by atoms with Gasteiger partial charge in [-0.05, 0) is 83.5 Å². The summed E-state index contributed by atoms with van der Waals surface area (Å²) in [5.74, 6) is -0.977. The van der Waals surface area contributed by atoms with Crippen molar-refractivity contribution in [2.75, 3.05) is 13.2 Å². The largest absolute Gasteiger partial charge is 0.462 e. The van der Waals surface area contributed by atoms with Crippen molar-refractivity contribution in [2.24, 2.45) is 0 Å². The van der Waals surface area contributed by atoms with Gasteiger partial charge in [0.2, 0.25) is 0 Å². The maximum Gasteiger partial charge on any atom is 0.306 e. The van der Waals surface area contributed by atoms with Crippen LogP contribution in [0.25, 0.3) is 0 Å². The van der Waals surface area contributed by atoms with Crippen LogP contribution in [0.2, 0.25) is 0 Å². The summed E-state index contributed by atoms with van der Waals surface area (Å²) in [6.45, 7) is 6.37. The lowest BCUT2D eigenvalue weighted by molar-refractivity contribution is -0.167. The molecule has 0 aliphatic rings. The Morgan fingerprint density at radius 1 is 0.323 bits per heavy atom. The molecule has 0 aliphatic carbocycles. The highest BCUT2D eigenvalue weighted by atomic mass is 16.6. The maximum atomic E-state index is 12.7. The van der Waals surface area contributed by atoms with Crippen LogP contribution in [0.1, 0.15) is 226 Å². The van der Waals surface area contributed by atoms with Crippen LogP contribution >= 0.6 is 0 Å². The van der Waals surface area contributed by atoms with Crippen LogP contribution in [-0.4, -0.2) is 37.2 Å². The first-order valence-corrected chi connectivity index (χ1v) is 26.4. The molecular weight excluding hydrogens is 805 g/mol. The SMILES string of the molecule is CC/C=C\C/C=C\C/C=C\C/C=C\C/C=C\C/C=C\C/C=C\C/C=C\C/C=C\CCCC(=O)OCC(COC(=O)CCCCCCC)OC(=O)CCCCCCCCCCCCCCC. The molecule has 0 spiro atoms. The Bertz CT molecular complexity index is 1360. The third-order valence-corrected chi connectivity index (χ3v) is 10.8. The van der Waals surface area contributed by atoms with Crippen molar-refractivity contribution in [2.45, 2.75) is 232 Å². The van der Waals surface area contributed by atoms with Gasteiger partial charge >= 0.3 is 17.9 Å². The number of unbranched alkanes of at least 4 members (excludes halogenated alkanes) is 17. The Morgan fingerprint density at radius 3 is 0.938 bits per heavy atom. The molecule has 65 heavy (non-hydrogen) atoms. The third kappa shape index (κ3) is 50.9. The monoisotopic (exact) mass is 901 g/mol. The van der Waals surface area contributed by atoms with Crippen LogP contribution in [-0.2, 0) is 28.6 Å². The van der Waals surface area contributed by atoms with Gasteiger partial charge in [0.1, 0.15) is 13.2 Å². The molecular formula is C59H96O6. The second-order valence-corrected chi connectivity index (χ2v) is 17.1. The highest BCUT2D eigenvalue weighted by molar-refractivity contribution is 5.71. The summed E-state index contributed by atoms with van der Waals surface area (Å²) in [4.78, 5) is 37.6. The highest BCUT2D eigenvalue weighted by Gasteiger charge is 2.19. The summed E-state index contributed by atoms with van der Waals surface area (Å²) < 4.78 is 16.6. The first kappa shape index (κ1) is 61.1.